The molecule has 0 spiro atoms. The molecule has 24 heavy (non-hydrogen) atoms. The van der Waals surface area contributed by atoms with E-state index in [9.17, 15) is 0 Å². The molecular weight excluding hydrogens is 413 g/mol. The summed E-state index contributed by atoms with van der Waals surface area (Å²) in [5.74, 6) is 0. The van der Waals surface area contributed by atoms with Crippen molar-refractivity contribution in [3.63, 3.8) is 0 Å². The number of hydrogen-bond acceptors (Lipinski definition) is 1. The Morgan fingerprint density at radius 2 is 1.21 bits per heavy atom. The number of rotatable bonds is 15. The van der Waals surface area contributed by atoms with Crippen molar-refractivity contribution in [2.24, 2.45) is 0 Å². The first-order valence-corrected chi connectivity index (χ1v) is 18.5. The van der Waals surface area contributed by atoms with Crippen LogP contribution in [-0.4, -0.2) is 34.6 Å². The van der Waals surface area contributed by atoms with Crippen LogP contribution in [0.15, 0.2) is 0 Å². The monoisotopic (exact) mass is 462 g/mol. The van der Waals surface area contributed by atoms with Crippen molar-refractivity contribution in [2.75, 3.05) is 0 Å². The molecule has 0 aromatic rings. The molecule has 0 aliphatic heterocycles. The van der Waals surface area contributed by atoms with Gasteiger partial charge in [-0.05, 0) is 0 Å². The molecule has 0 aliphatic carbocycles. The van der Waals surface area contributed by atoms with Gasteiger partial charge in [-0.2, -0.15) is 0 Å². The molecule has 0 bridgehead atoms. The van der Waals surface area contributed by atoms with E-state index in [2.05, 4.69) is 55.4 Å². The second-order valence-electron chi connectivity index (χ2n) is 8.16. The molecule has 2 radical (unpaired) electrons. The van der Waals surface area contributed by atoms with Crippen LogP contribution >= 0.6 is 0 Å². The minimum absolute atomic E-state index is 0.209. The summed E-state index contributed by atoms with van der Waals surface area (Å²) in [4.78, 5) is 0. The summed E-state index contributed by atoms with van der Waals surface area (Å²) < 4.78 is 8.56. The molecule has 0 fully saturated rings. The maximum atomic E-state index is 7.01. The third-order valence-corrected chi connectivity index (χ3v) is 18.1. The first kappa shape index (κ1) is 25.0. The molecular formula is C21H46Ge2O. The fourth-order valence-electron chi connectivity index (χ4n) is 3.58. The Balaban J connectivity index is 4.87. The van der Waals surface area contributed by atoms with Crippen LogP contribution < -0.4 is 0 Å². The van der Waals surface area contributed by atoms with E-state index in [0.29, 0.717) is 0 Å². The summed E-state index contributed by atoms with van der Waals surface area (Å²) in [7, 11) is 0. The van der Waals surface area contributed by atoms with Gasteiger partial charge in [0.15, 0.2) is 0 Å². The number of unbranched alkanes of at least 4 members (excludes halogenated alkanes) is 2. The van der Waals surface area contributed by atoms with Crippen LogP contribution in [0.3, 0.4) is 0 Å². The van der Waals surface area contributed by atoms with Crippen molar-refractivity contribution in [1.29, 1.82) is 0 Å². The van der Waals surface area contributed by atoms with Gasteiger partial charge in [0.2, 0.25) is 0 Å². The van der Waals surface area contributed by atoms with Gasteiger partial charge in [0.05, 0.1) is 0 Å². The maximum absolute atomic E-state index is 7.01. The predicted molar refractivity (Wildman–Crippen MR) is 115 cm³/mol. The fourth-order valence-corrected chi connectivity index (χ4v) is 16.1. The molecule has 3 heteroatoms. The van der Waals surface area contributed by atoms with Crippen LogP contribution in [0.5, 0.6) is 0 Å². The number of hydrogen-bond donors (Lipinski definition) is 0. The second kappa shape index (κ2) is 14.1. The van der Waals surface area contributed by atoms with Crippen molar-refractivity contribution >= 4 is 29.0 Å². The fraction of sp³-hybridized carbons (Fsp3) is 1.00. The van der Waals surface area contributed by atoms with E-state index >= 15 is 0 Å². The quantitative estimate of drug-likeness (QED) is 0.226. The zero-order valence-corrected chi connectivity index (χ0v) is 22.3. The molecule has 0 rings (SSSR count). The Morgan fingerprint density at radius 3 is 1.54 bits per heavy atom. The van der Waals surface area contributed by atoms with Crippen LogP contribution in [-0.2, 0) is 3.76 Å². The molecule has 0 atom stereocenters. The normalized spacial score (nSPS) is 13.0. The van der Waals surface area contributed by atoms with Gasteiger partial charge < -0.3 is 0 Å². The van der Waals surface area contributed by atoms with E-state index in [1.54, 1.807) is 15.8 Å². The van der Waals surface area contributed by atoms with Crippen molar-refractivity contribution in [1.82, 2.24) is 0 Å². The van der Waals surface area contributed by atoms with Gasteiger partial charge in [-0.15, -0.1) is 0 Å². The average molecular weight is 460 g/mol. The molecule has 1 nitrogen and oxygen atoms in total. The van der Waals surface area contributed by atoms with Gasteiger partial charge in [-0.25, -0.2) is 0 Å². The minimum atomic E-state index is -1.44. The van der Waals surface area contributed by atoms with Gasteiger partial charge in [0, 0.05) is 0 Å². The molecule has 0 aromatic carbocycles. The third kappa shape index (κ3) is 9.66. The van der Waals surface area contributed by atoms with Crippen LogP contribution in [0.25, 0.3) is 0 Å². The van der Waals surface area contributed by atoms with Crippen molar-refractivity contribution < 1.29 is 3.76 Å². The van der Waals surface area contributed by atoms with E-state index < -0.39 is 29.0 Å². The van der Waals surface area contributed by atoms with Gasteiger partial charge >= 0.3 is 164 Å². The molecule has 0 aromatic heterocycles. The zero-order valence-electron chi connectivity index (χ0n) is 18.1. The Kier molecular flexibility index (Phi) is 14.8. The first-order valence-electron chi connectivity index (χ1n) is 10.7. The molecule has 0 amide bonds. The third-order valence-electron chi connectivity index (χ3n) is 5.46. The molecule has 0 unspecified atom stereocenters. The molecule has 0 saturated heterocycles. The second-order valence-corrected chi connectivity index (χ2v) is 21.4. The van der Waals surface area contributed by atoms with Crippen LogP contribution in [0.4, 0.5) is 0 Å². The summed E-state index contributed by atoms with van der Waals surface area (Å²) >= 11 is -2.28. The molecule has 0 aliphatic rings. The van der Waals surface area contributed by atoms with Crippen molar-refractivity contribution in [3.8, 4) is 0 Å². The SMILES string of the molecule is CCC[CH2][Ge]([CH2]CCC)[CH2]CC(CC)(CC)[O][Ge]([CH](C)C)[CH](C)C. The van der Waals surface area contributed by atoms with Crippen molar-refractivity contribution in [2.45, 2.75) is 131 Å². The van der Waals surface area contributed by atoms with Gasteiger partial charge in [0.1, 0.15) is 0 Å². The summed E-state index contributed by atoms with van der Waals surface area (Å²) in [5, 5.41) is 4.73. The van der Waals surface area contributed by atoms with E-state index in [0.717, 1.165) is 9.50 Å². The Bertz CT molecular complexity index is 272. The van der Waals surface area contributed by atoms with Gasteiger partial charge in [0.25, 0.3) is 0 Å². The topological polar surface area (TPSA) is 9.23 Å². The molecule has 144 valence electrons. The van der Waals surface area contributed by atoms with E-state index in [-0.39, 0.29) is 5.60 Å². The molecule has 0 N–H and O–H groups in total. The summed E-state index contributed by atoms with van der Waals surface area (Å²) in [5.41, 5.74) is 0.209. The standard InChI is InChI=1S/C21H46Ge2O/c1-9-13-16-22(17-14-10-2)18-15-21(11-3,12-4)24-23(19(5)6)20(7)8/h19-20H,9-18H2,1-8H3. The first-order chi connectivity index (χ1) is 11.4. The van der Waals surface area contributed by atoms with Crippen molar-refractivity contribution in [3.05, 3.63) is 0 Å². The Hall–Kier alpha value is 1.05. The predicted octanol–water partition coefficient (Wildman–Crippen LogP) is 7.86. The Morgan fingerprint density at radius 1 is 0.750 bits per heavy atom. The summed E-state index contributed by atoms with van der Waals surface area (Å²) in [6, 6.07) is 0. The molecule has 0 saturated carbocycles. The van der Waals surface area contributed by atoms with Gasteiger partial charge in [-0.3, -0.25) is 0 Å². The van der Waals surface area contributed by atoms with Gasteiger partial charge in [-0.1, -0.05) is 0 Å². The van der Waals surface area contributed by atoms with Crippen LogP contribution in [0, 0.1) is 0 Å². The zero-order chi connectivity index (χ0) is 18.6. The van der Waals surface area contributed by atoms with E-state index in [1.807, 2.05) is 0 Å². The summed E-state index contributed by atoms with van der Waals surface area (Å²) in [6.45, 7) is 19.0. The van der Waals surface area contributed by atoms with E-state index in [1.165, 1.54) is 44.9 Å². The van der Waals surface area contributed by atoms with Crippen LogP contribution in [0.1, 0.15) is 100 Å². The molecule has 0 heterocycles. The average Bonchev–Trinajstić information content (AvgIpc) is 2.56. The Labute approximate surface area is 163 Å². The van der Waals surface area contributed by atoms with E-state index in [4.69, 9.17) is 3.76 Å². The summed E-state index contributed by atoms with van der Waals surface area (Å²) in [6.07, 6.45) is 9.49. The van der Waals surface area contributed by atoms with Crippen LogP contribution in [0.2, 0.25) is 25.3 Å².